The lowest BCUT2D eigenvalue weighted by Crippen LogP contribution is -2.41. The van der Waals surface area contributed by atoms with Crippen LogP contribution in [0.4, 0.5) is 0 Å². The van der Waals surface area contributed by atoms with Crippen molar-refractivity contribution in [3.63, 3.8) is 0 Å². The number of morpholine rings is 1. The van der Waals surface area contributed by atoms with Gasteiger partial charge in [-0.05, 0) is 24.1 Å². The number of hydrogen-bond donors (Lipinski definition) is 1. The molecule has 1 N–H and O–H groups in total. The molecule has 0 aromatic heterocycles. The Morgan fingerprint density at radius 3 is 2.75 bits per heavy atom. The molecule has 1 saturated heterocycles. The van der Waals surface area contributed by atoms with Gasteiger partial charge in [0.05, 0.1) is 30.8 Å². The molecule has 2 rings (SSSR count). The molecule has 0 radical (unpaired) electrons. The molecule has 1 aromatic carbocycles. The fourth-order valence-electron chi connectivity index (χ4n) is 2.52. The number of nitrogens with zero attached hydrogens (tertiary/aromatic N) is 1. The Kier molecular flexibility index (Phi) is 7.88. The quantitative estimate of drug-likeness (QED) is 0.801. The lowest BCUT2D eigenvalue weighted by atomic mass is 10.0. The lowest BCUT2D eigenvalue weighted by molar-refractivity contribution is -0.132. The van der Waals surface area contributed by atoms with Crippen molar-refractivity contribution >= 4 is 35.2 Å². The van der Waals surface area contributed by atoms with Crippen molar-refractivity contribution in [3.05, 3.63) is 34.9 Å². The molecule has 1 aliphatic rings. The van der Waals surface area contributed by atoms with Gasteiger partial charge in [0.15, 0.2) is 0 Å². The summed E-state index contributed by atoms with van der Waals surface area (Å²) < 4.78 is 5.22. The van der Waals surface area contributed by atoms with Crippen molar-refractivity contribution in [3.8, 4) is 0 Å². The molecule has 0 spiro atoms. The van der Waals surface area contributed by atoms with Crippen molar-refractivity contribution in [1.82, 2.24) is 10.2 Å². The van der Waals surface area contributed by atoms with Gasteiger partial charge in [-0.2, -0.15) is 0 Å². The monoisotopic (exact) mass is 370 g/mol. The summed E-state index contributed by atoms with van der Waals surface area (Å²) in [5, 5.41) is 3.66. The van der Waals surface area contributed by atoms with E-state index >= 15 is 0 Å². The van der Waals surface area contributed by atoms with E-state index in [4.69, 9.17) is 16.3 Å². The molecule has 5 nitrogen and oxygen atoms in total. The van der Waals surface area contributed by atoms with Gasteiger partial charge in [0.2, 0.25) is 11.8 Å². The summed E-state index contributed by atoms with van der Waals surface area (Å²) in [6.45, 7) is 4.47. The van der Waals surface area contributed by atoms with E-state index < -0.39 is 0 Å². The van der Waals surface area contributed by atoms with Crippen molar-refractivity contribution in [2.75, 3.05) is 37.8 Å². The zero-order valence-electron chi connectivity index (χ0n) is 13.8. The van der Waals surface area contributed by atoms with Gasteiger partial charge in [-0.3, -0.25) is 9.59 Å². The normalized spacial score (nSPS) is 15.8. The van der Waals surface area contributed by atoms with Gasteiger partial charge in [0.1, 0.15) is 0 Å². The fraction of sp³-hybridized carbons (Fsp3) is 0.529. The molecule has 1 aliphatic heterocycles. The number of carbonyl (C=O) groups excluding carboxylic acids is 2. The van der Waals surface area contributed by atoms with Crippen LogP contribution in [0.1, 0.15) is 24.9 Å². The van der Waals surface area contributed by atoms with E-state index in [-0.39, 0.29) is 23.6 Å². The Labute approximate surface area is 152 Å². The zero-order chi connectivity index (χ0) is 17.4. The van der Waals surface area contributed by atoms with Gasteiger partial charge in [-0.1, -0.05) is 30.7 Å². The van der Waals surface area contributed by atoms with Crippen LogP contribution >= 0.6 is 23.4 Å². The zero-order valence-corrected chi connectivity index (χ0v) is 15.4. The van der Waals surface area contributed by atoms with Crippen LogP contribution in [0.3, 0.4) is 0 Å². The Bertz CT molecular complexity index is 565. The maximum Gasteiger partial charge on any atom is 0.232 e. The van der Waals surface area contributed by atoms with Gasteiger partial charge >= 0.3 is 0 Å². The first-order valence-corrected chi connectivity index (χ1v) is 9.61. The molecular formula is C17H23ClN2O3S. The van der Waals surface area contributed by atoms with E-state index in [0.29, 0.717) is 37.1 Å². The molecule has 1 aromatic rings. The van der Waals surface area contributed by atoms with Crippen LogP contribution in [0.15, 0.2) is 24.3 Å². The SMILES string of the molecule is CC[C@H](NC(=O)CSCC(=O)N1CCOCC1)c1cccc(Cl)c1. The molecule has 132 valence electrons. The Hall–Kier alpha value is -1.24. The number of carbonyl (C=O) groups is 2. The maximum atomic E-state index is 12.1. The van der Waals surface area contributed by atoms with Gasteiger partial charge < -0.3 is 15.0 Å². The average Bonchev–Trinajstić information content (AvgIpc) is 2.60. The van der Waals surface area contributed by atoms with Crippen LogP contribution < -0.4 is 5.32 Å². The summed E-state index contributed by atoms with van der Waals surface area (Å²) in [7, 11) is 0. The largest absolute Gasteiger partial charge is 0.378 e. The van der Waals surface area contributed by atoms with E-state index in [1.54, 1.807) is 4.90 Å². The topological polar surface area (TPSA) is 58.6 Å². The van der Waals surface area contributed by atoms with Crippen LogP contribution in [0.25, 0.3) is 0 Å². The molecule has 24 heavy (non-hydrogen) atoms. The molecule has 0 saturated carbocycles. The minimum Gasteiger partial charge on any atom is -0.378 e. The average molecular weight is 371 g/mol. The highest BCUT2D eigenvalue weighted by atomic mass is 35.5. The van der Waals surface area contributed by atoms with Crippen molar-refractivity contribution in [2.45, 2.75) is 19.4 Å². The van der Waals surface area contributed by atoms with Gasteiger partial charge in [0.25, 0.3) is 0 Å². The summed E-state index contributed by atoms with van der Waals surface area (Å²) in [4.78, 5) is 25.9. The predicted molar refractivity (Wildman–Crippen MR) is 97.4 cm³/mol. The first kappa shape index (κ1) is 19.1. The second kappa shape index (κ2) is 9.91. The maximum absolute atomic E-state index is 12.1. The Balaban J connectivity index is 1.74. The van der Waals surface area contributed by atoms with E-state index in [0.717, 1.165) is 12.0 Å². The third kappa shape index (κ3) is 6.00. The molecule has 0 bridgehead atoms. The lowest BCUT2D eigenvalue weighted by Gasteiger charge is -2.26. The second-order valence-corrected chi connectivity index (χ2v) is 6.99. The summed E-state index contributed by atoms with van der Waals surface area (Å²) >= 11 is 7.35. The minimum atomic E-state index is -0.0680. The van der Waals surface area contributed by atoms with Crippen LogP contribution in [-0.2, 0) is 14.3 Å². The number of halogens is 1. The van der Waals surface area contributed by atoms with Crippen molar-refractivity contribution in [2.24, 2.45) is 0 Å². The Morgan fingerprint density at radius 1 is 1.33 bits per heavy atom. The summed E-state index contributed by atoms with van der Waals surface area (Å²) in [5.74, 6) is 0.591. The highest BCUT2D eigenvalue weighted by molar-refractivity contribution is 8.00. The van der Waals surface area contributed by atoms with E-state index in [2.05, 4.69) is 5.32 Å². The van der Waals surface area contributed by atoms with E-state index in [1.807, 2.05) is 31.2 Å². The smallest absolute Gasteiger partial charge is 0.232 e. The molecule has 0 unspecified atom stereocenters. The number of ether oxygens (including phenoxy) is 1. The standard InChI is InChI=1S/C17H23ClN2O3S/c1-2-15(13-4-3-5-14(18)10-13)19-16(21)11-24-12-17(22)20-6-8-23-9-7-20/h3-5,10,15H,2,6-9,11-12H2,1H3,(H,19,21)/t15-/m0/s1. The molecule has 1 heterocycles. The number of nitrogens with one attached hydrogen (secondary N) is 1. The summed E-state index contributed by atoms with van der Waals surface area (Å²) in [6, 6.07) is 7.45. The summed E-state index contributed by atoms with van der Waals surface area (Å²) in [6.07, 6.45) is 0.781. The second-order valence-electron chi connectivity index (χ2n) is 5.57. The third-order valence-electron chi connectivity index (χ3n) is 3.82. The van der Waals surface area contributed by atoms with Gasteiger partial charge in [-0.25, -0.2) is 0 Å². The molecule has 7 heteroatoms. The van der Waals surface area contributed by atoms with Crippen molar-refractivity contribution < 1.29 is 14.3 Å². The van der Waals surface area contributed by atoms with Crippen LogP contribution in [0.2, 0.25) is 5.02 Å². The highest BCUT2D eigenvalue weighted by Gasteiger charge is 2.18. The molecule has 2 amide bonds. The first-order valence-electron chi connectivity index (χ1n) is 8.08. The highest BCUT2D eigenvalue weighted by Crippen LogP contribution is 2.20. The van der Waals surface area contributed by atoms with Crippen LogP contribution in [0.5, 0.6) is 0 Å². The predicted octanol–water partition coefficient (Wildman–Crippen LogP) is 2.50. The number of amides is 2. The molecule has 1 atom stereocenters. The fourth-order valence-corrected chi connectivity index (χ4v) is 3.44. The van der Waals surface area contributed by atoms with E-state index in [1.165, 1.54) is 11.8 Å². The van der Waals surface area contributed by atoms with Crippen molar-refractivity contribution in [1.29, 1.82) is 0 Å². The minimum absolute atomic E-state index is 0.0632. The Morgan fingerprint density at radius 2 is 2.08 bits per heavy atom. The van der Waals surface area contributed by atoms with Gasteiger partial charge in [-0.15, -0.1) is 11.8 Å². The van der Waals surface area contributed by atoms with Crippen LogP contribution in [0, 0.1) is 0 Å². The number of hydrogen-bond acceptors (Lipinski definition) is 4. The number of benzene rings is 1. The third-order valence-corrected chi connectivity index (χ3v) is 4.97. The van der Waals surface area contributed by atoms with E-state index in [9.17, 15) is 9.59 Å². The summed E-state index contributed by atoms with van der Waals surface area (Å²) in [5.41, 5.74) is 0.993. The number of thioether (sulfide) groups is 1. The molecule has 1 fully saturated rings. The van der Waals surface area contributed by atoms with Gasteiger partial charge in [0, 0.05) is 18.1 Å². The first-order chi connectivity index (χ1) is 11.6. The molecular weight excluding hydrogens is 348 g/mol. The van der Waals surface area contributed by atoms with Crippen LogP contribution in [-0.4, -0.2) is 54.5 Å². The number of rotatable bonds is 7. The molecule has 0 aliphatic carbocycles.